The van der Waals surface area contributed by atoms with E-state index in [0.29, 0.717) is 11.3 Å². The molecule has 0 radical (unpaired) electrons. The third-order valence-electron chi connectivity index (χ3n) is 3.72. The maximum absolute atomic E-state index is 12.9. The van der Waals surface area contributed by atoms with E-state index in [9.17, 15) is 13.5 Å². The molecule has 126 valence electrons. The van der Waals surface area contributed by atoms with Gasteiger partial charge in [0.05, 0.1) is 16.1 Å². The van der Waals surface area contributed by atoms with Gasteiger partial charge in [-0.1, -0.05) is 36.9 Å². The molecule has 1 N–H and O–H groups in total. The number of phenolic OH excluding ortho intramolecular Hbond substituents is 1. The summed E-state index contributed by atoms with van der Waals surface area (Å²) in [6.07, 6.45) is 1.27. The van der Waals surface area contributed by atoms with Gasteiger partial charge in [0, 0.05) is 5.56 Å². The molecule has 0 bridgehead atoms. The Morgan fingerprint density at radius 3 is 2.16 bits per heavy atom. The highest BCUT2D eigenvalue weighted by Gasteiger charge is 2.19. The van der Waals surface area contributed by atoms with Crippen molar-refractivity contribution in [3.05, 3.63) is 85.6 Å². The van der Waals surface area contributed by atoms with Crippen LogP contribution in [0.15, 0.2) is 95.4 Å². The molecule has 0 saturated carbocycles. The fourth-order valence-electron chi connectivity index (χ4n) is 2.46. The molecule has 3 rings (SSSR count). The van der Waals surface area contributed by atoms with E-state index >= 15 is 0 Å². The normalized spacial score (nSPS) is 11.0. The summed E-state index contributed by atoms with van der Waals surface area (Å²) in [5.74, 6) is 0.532. The lowest BCUT2D eigenvalue weighted by molar-refractivity contribution is 0.477. The Morgan fingerprint density at radius 1 is 0.880 bits per heavy atom. The molecule has 0 aromatic heterocycles. The molecule has 0 aliphatic rings. The highest BCUT2D eigenvalue weighted by atomic mass is 32.2. The summed E-state index contributed by atoms with van der Waals surface area (Å²) < 4.78 is 30.8. The monoisotopic (exact) mass is 352 g/mol. The molecular weight excluding hydrogens is 336 g/mol. The van der Waals surface area contributed by atoms with E-state index in [2.05, 4.69) is 6.58 Å². The lowest BCUT2D eigenvalue weighted by Gasteiger charge is -2.10. The Morgan fingerprint density at radius 2 is 1.52 bits per heavy atom. The molecule has 0 fully saturated rings. The van der Waals surface area contributed by atoms with Gasteiger partial charge in [0.1, 0.15) is 11.5 Å². The first-order valence-electron chi connectivity index (χ1n) is 7.53. The summed E-state index contributed by atoms with van der Waals surface area (Å²) >= 11 is 0. The van der Waals surface area contributed by atoms with Gasteiger partial charge >= 0.3 is 0 Å². The summed E-state index contributed by atoms with van der Waals surface area (Å²) in [5.41, 5.74) is 1.21. The topological polar surface area (TPSA) is 63.6 Å². The van der Waals surface area contributed by atoms with Crippen LogP contribution in [0.25, 0.3) is 11.1 Å². The molecule has 0 amide bonds. The second kappa shape index (κ2) is 6.83. The number of phenols is 1. The van der Waals surface area contributed by atoms with Crippen molar-refractivity contribution >= 4 is 9.84 Å². The summed E-state index contributed by atoms with van der Waals surface area (Å²) in [6, 6.07) is 19.5. The molecule has 0 unspecified atom stereocenters. The standard InChI is InChI=1S/C20H16O4S/c1-2-24-16-8-10-17(11-9-16)25(22,23)18-12-13-20(21)19(14-18)15-6-4-3-5-7-15/h2-14,21H,1H2. The summed E-state index contributed by atoms with van der Waals surface area (Å²) in [5, 5.41) is 10.1. The van der Waals surface area contributed by atoms with Crippen LogP contribution in [0.4, 0.5) is 0 Å². The lowest BCUT2D eigenvalue weighted by atomic mass is 10.1. The van der Waals surface area contributed by atoms with E-state index in [1.54, 1.807) is 12.1 Å². The zero-order valence-corrected chi connectivity index (χ0v) is 14.1. The number of benzene rings is 3. The molecule has 0 aliphatic carbocycles. The minimum Gasteiger partial charge on any atom is -0.507 e. The molecule has 25 heavy (non-hydrogen) atoms. The summed E-state index contributed by atoms with van der Waals surface area (Å²) in [7, 11) is -3.71. The highest BCUT2D eigenvalue weighted by molar-refractivity contribution is 7.91. The Balaban J connectivity index is 2.04. The number of aromatic hydroxyl groups is 1. The van der Waals surface area contributed by atoms with Crippen LogP contribution in [-0.2, 0) is 9.84 Å². The average Bonchev–Trinajstić information content (AvgIpc) is 2.63. The second-order valence-electron chi connectivity index (χ2n) is 5.30. The Hall–Kier alpha value is -3.05. The van der Waals surface area contributed by atoms with Crippen LogP contribution in [0, 0.1) is 0 Å². The Kier molecular flexibility index (Phi) is 4.59. The van der Waals surface area contributed by atoms with Gasteiger partial charge in [-0.05, 0) is 48.0 Å². The van der Waals surface area contributed by atoms with Crippen molar-refractivity contribution in [1.29, 1.82) is 0 Å². The molecule has 0 aliphatic heterocycles. The van der Waals surface area contributed by atoms with Gasteiger partial charge in [-0.25, -0.2) is 8.42 Å². The van der Waals surface area contributed by atoms with Crippen molar-refractivity contribution in [1.82, 2.24) is 0 Å². The van der Waals surface area contributed by atoms with Gasteiger partial charge in [0.2, 0.25) is 9.84 Å². The first-order chi connectivity index (χ1) is 12.0. The van der Waals surface area contributed by atoms with Crippen LogP contribution >= 0.6 is 0 Å². The van der Waals surface area contributed by atoms with Gasteiger partial charge in [-0.3, -0.25) is 0 Å². The zero-order valence-electron chi connectivity index (χ0n) is 13.3. The van der Waals surface area contributed by atoms with E-state index in [1.807, 2.05) is 30.3 Å². The predicted octanol–water partition coefficient (Wildman–Crippen LogP) is 4.41. The fraction of sp³-hybridized carbons (Fsp3) is 0. The third-order valence-corrected chi connectivity index (χ3v) is 5.48. The molecule has 4 nitrogen and oxygen atoms in total. The maximum Gasteiger partial charge on any atom is 0.206 e. The highest BCUT2D eigenvalue weighted by Crippen LogP contribution is 2.33. The lowest BCUT2D eigenvalue weighted by Crippen LogP contribution is -2.02. The molecule has 0 atom stereocenters. The van der Waals surface area contributed by atoms with Gasteiger partial charge < -0.3 is 9.84 Å². The first-order valence-corrected chi connectivity index (χ1v) is 9.02. The van der Waals surface area contributed by atoms with Gasteiger partial charge in [0.25, 0.3) is 0 Å². The number of hydrogen-bond donors (Lipinski definition) is 1. The average molecular weight is 352 g/mol. The number of hydrogen-bond acceptors (Lipinski definition) is 4. The van der Waals surface area contributed by atoms with Crippen LogP contribution < -0.4 is 4.74 Å². The second-order valence-corrected chi connectivity index (χ2v) is 7.25. The largest absolute Gasteiger partial charge is 0.507 e. The van der Waals surface area contributed by atoms with E-state index in [0.717, 1.165) is 5.56 Å². The Bertz CT molecular complexity index is 992. The van der Waals surface area contributed by atoms with Crippen molar-refractivity contribution in [3.63, 3.8) is 0 Å². The van der Waals surface area contributed by atoms with Crippen LogP contribution in [0.3, 0.4) is 0 Å². The number of ether oxygens (including phenoxy) is 1. The van der Waals surface area contributed by atoms with Gasteiger partial charge in [-0.2, -0.15) is 0 Å². The molecule has 0 heterocycles. The van der Waals surface area contributed by atoms with Crippen molar-refractivity contribution < 1.29 is 18.3 Å². The quantitative estimate of drug-likeness (QED) is 0.691. The van der Waals surface area contributed by atoms with Gasteiger partial charge in [0.15, 0.2) is 0 Å². The third kappa shape index (κ3) is 3.41. The van der Waals surface area contributed by atoms with Crippen molar-refractivity contribution in [3.8, 4) is 22.6 Å². The van der Waals surface area contributed by atoms with Crippen LogP contribution in [0.5, 0.6) is 11.5 Å². The number of sulfone groups is 1. The van der Waals surface area contributed by atoms with E-state index in [1.165, 1.54) is 36.6 Å². The summed E-state index contributed by atoms with van der Waals surface area (Å²) in [6.45, 7) is 3.46. The first kappa shape index (κ1) is 16.8. The van der Waals surface area contributed by atoms with Crippen molar-refractivity contribution in [2.45, 2.75) is 9.79 Å². The summed E-state index contributed by atoms with van der Waals surface area (Å²) in [4.78, 5) is 0.259. The van der Waals surface area contributed by atoms with Crippen LogP contribution in [0.2, 0.25) is 0 Å². The Labute approximate surface area is 146 Å². The zero-order chi connectivity index (χ0) is 17.9. The SMILES string of the molecule is C=COc1ccc(S(=O)(=O)c2ccc(O)c(-c3ccccc3)c2)cc1. The smallest absolute Gasteiger partial charge is 0.206 e. The number of rotatable bonds is 5. The predicted molar refractivity (Wildman–Crippen MR) is 96.3 cm³/mol. The van der Waals surface area contributed by atoms with E-state index < -0.39 is 9.84 Å². The van der Waals surface area contributed by atoms with Crippen LogP contribution in [-0.4, -0.2) is 13.5 Å². The maximum atomic E-state index is 12.9. The molecule has 5 heteroatoms. The van der Waals surface area contributed by atoms with Gasteiger partial charge in [-0.15, -0.1) is 0 Å². The molecule has 3 aromatic rings. The molecule has 0 saturated heterocycles. The van der Waals surface area contributed by atoms with Crippen molar-refractivity contribution in [2.24, 2.45) is 0 Å². The molecular formula is C20H16O4S. The fourth-order valence-corrected chi connectivity index (χ4v) is 3.75. The molecule has 3 aromatic carbocycles. The van der Waals surface area contributed by atoms with Crippen molar-refractivity contribution in [2.75, 3.05) is 0 Å². The minimum atomic E-state index is -3.71. The molecule has 0 spiro atoms. The minimum absolute atomic E-state index is 0.0277. The van der Waals surface area contributed by atoms with E-state index in [-0.39, 0.29) is 15.5 Å². The van der Waals surface area contributed by atoms with E-state index in [4.69, 9.17) is 4.74 Å². The van der Waals surface area contributed by atoms with Crippen LogP contribution in [0.1, 0.15) is 0 Å².